The summed E-state index contributed by atoms with van der Waals surface area (Å²) in [6, 6.07) is 15.7. The maximum atomic E-state index is 12.6. The molecule has 1 aliphatic heterocycles. The minimum absolute atomic E-state index is 0. The molecular weight excluding hydrogens is 567 g/mol. The smallest absolute Gasteiger partial charge is 0.247 e. The highest BCUT2D eigenvalue weighted by Crippen LogP contribution is 2.36. The zero-order chi connectivity index (χ0) is 26.0. The zero-order valence-corrected chi connectivity index (χ0v) is 23.8. The number of sulfonamides is 1. The number of fused-ring (bicyclic) bond motifs is 1. The lowest BCUT2D eigenvalue weighted by atomic mass is 10.0. The third-order valence-corrected chi connectivity index (χ3v) is 8.45. The van der Waals surface area contributed by atoms with Crippen LogP contribution >= 0.6 is 35.6 Å². The molecule has 2 heterocycles. The standard InChI is InChI=1S/C26H26Cl2N6O2S.ClH/c1-17-15-18(24-21(27)5-4-6-22(24)28)16-23-25(17)31-26(33-32-23)30-19-7-9-20(10-8-19)37(35,36)29-11-14-34-12-2-3-13-34;/h4-10,15-16,29H,2-3,11-14H2,1H3,(H,30,31,33);1H. The van der Waals surface area contributed by atoms with Gasteiger partial charge in [0.2, 0.25) is 16.0 Å². The summed E-state index contributed by atoms with van der Waals surface area (Å²) in [6.45, 7) is 5.11. The number of likely N-dealkylation sites (tertiary alicyclic amines) is 1. The molecule has 0 saturated carbocycles. The molecule has 38 heavy (non-hydrogen) atoms. The average molecular weight is 594 g/mol. The van der Waals surface area contributed by atoms with Crippen molar-refractivity contribution in [1.82, 2.24) is 24.8 Å². The van der Waals surface area contributed by atoms with Crippen LogP contribution in [0.15, 0.2) is 59.5 Å². The van der Waals surface area contributed by atoms with Crippen LogP contribution in [0.2, 0.25) is 10.0 Å². The van der Waals surface area contributed by atoms with Gasteiger partial charge in [-0.15, -0.1) is 22.6 Å². The zero-order valence-electron chi connectivity index (χ0n) is 20.6. The van der Waals surface area contributed by atoms with E-state index in [1.165, 1.54) is 12.8 Å². The highest BCUT2D eigenvalue weighted by molar-refractivity contribution is 7.89. The molecule has 3 aromatic carbocycles. The highest BCUT2D eigenvalue weighted by atomic mass is 35.5. The first-order chi connectivity index (χ1) is 17.8. The molecule has 0 amide bonds. The average Bonchev–Trinajstić information content (AvgIpc) is 3.38. The molecule has 1 fully saturated rings. The number of rotatable bonds is 8. The Labute approximate surface area is 238 Å². The predicted molar refractivity (Wildman–Crippen MR) is 155 cm³/mol. The summed E-state index contributed by atoms with van der Waals surface area (Å²) in [7, 11) is -3.58. The molecular formula is C26H27Cl3N6O2S. The Kier molecular flexibility index (Phi) is 9.07. The summed E-state index contributed by atoms with van der Waals surface area (Å²) in [5, 5.41) is 12.7. The number of aromatic nitrogens is 3. The Bertz CT molecular complexity index is 1520. The van der Waals surface area contributed by atoms with E-state index in [4.69, 9.17) is 23.2 Å². The Morgan fingerprint density at radius 3 is 2.34 bits per heavy atom. The molecule has 1 saturated heterocycles. The lowest BCUT2D eigenvalue weighted by molar-refractivity contribution is 0.344. The fourth-order valence-electron chi connectivity index (χ4n) is 4.46. The van der Waals surface area contributed by atoms with Crippen molar-refractivity contribution in [3.05, 3.63) is 70.2 Å². The second-order valence-electron chi connectivity index (χ2n) is 8.99. The van der Waals surface area contributed by atoms with Gasteiger partial charge in [-0.3, -0.25) is 0 Å². The molecule has 8 nitrogen and oxygen atoms in total. The van der Waals surface area contributed by atoms with E-state index in [0.29, 0.717) is 39.3 Å². The van der Waals surface area contributed by atoms with Crippen molar-refractivity contribution in [2.45, 2.75) is 24.7 Å². The molecule has 0 atom stereocenters. The van der Waals surface area contributed by atoms with E-state index in [1.54, 1.807) is 42.5 Å². The van der Waals surface area contributed by atoms with E-state index in [1.807, 2.05) is 19.1 Å². The lowest BCUT2D eigenvalue weighted by Crippen LogP contribution is -2.33. The van der Waals surface area contributed by atoms with E-state index in [2.05, 4.69) is 30.1 Å². The van der Waals surface area contributed by atoms with Crippen LogP contribution in [0.25, 0.3) is 22.2 Å². The Morgan fingerprint density at radius 1 is 0.974 bits per heavy atom. The highest BCUT2D eigenvalue weighted by Gasteiger charge is 2.17. The minimum atomic E-state index is -3.58. The van der Waals surface area contributed by atoms with Gasteiger partial charge in [0.15, 0.2) is 0 Å². The molecule has 5 rings (SSSR count). The van der Waals surface area contributed by atoms with Gasteiger partial charge < -0.3 is 10.2 Å². The molecule has 1 aromatic heterocycles. The monoisotopic (exact) mass is 592 g/mol. The van der Waals surface area contributed by atoms with Crippen LogP contribution in [-0.4, -0.2) is 54.7 Å². The van der Waals surface area contributed by atoms with Crippen molar-refractivity contribution in [1.29, 1.82) is 0 Å². The van der Waals surface area contributed by atoms with Gasteiger partial charge >= 0.3 is 0 Å². The van der Waals surface area contributed by atoms with Crippen molar-refractivity contribution in [2.24, 2.45) is 0 Å². The van der Waals surface area contributed by atoms with Gasteiger partial charge in [-0.1, -0.05) is 29.3 Å². The maximum absolute atomic E-state index is 12.6. The minimum Gasteiger partial charge on any atom is -0.323 e. The van der Waals surface area contributed by atoms with Crippen LogP contribution in [0.4, 0.5) is 11.6 Å². The van der Waals surface area contributed by atoms with Crippen LogP contribution in [0.3, 0.4) is 0 Å². The van der Waals surface area contributed by atoms with Crippen molar-refractivity contribution in [3.63, 3.8) is 0 Å². The summed E-state index contributed by atoms with van der Waals surface area (Å²) in [6.07, 6.45) is 2.35. The molecule has 12 heteroatoms. The van der Waals surface area contributed by atoms with E-state index in [0.717, 1.165) is 36.3 Å². The summed E-state index contributed by atoms with van der Waals surface area (Å²) >= 11 is 12.8. The first-order valence-corrected chi connectivity index (χ1v) is 14.2. The summed E-state index contributed by atoms with van der Waals surface area (Å²) in [4.78, 5) is 7.09. The van der Waals surface area contributed by atoms with Crippen molar-refractivity contribution >= 4 is 68.3 Å². The molecule has 0 unspecified atom stereocenters. The molecule has 0 aliphatic carbocycles. The van der Waals surface area contributed by atoms with Gasteiger partial charge in [0.25, 0.3) is 0 Å². The summed E-state index contributed by atoms with van der Waals surface area (Å²) in [5.41, 5.74) is 4.41. The maximum Gasteiger partial charge on any atom is 0.247 e. The third kappa shape index (κ3) is 6.36. The van der Waals surface area contributed by atoms with Gasteiger partial charge in [-0.05, 0) is 92.5 Å². The number of halogens is 3. The van der Waals surface area contributed by atoms with Crippen LogP contribution in [0.5, 0.6) is 0 Å². The second-order valence-corrected chi connectivity index (χ2v) is 11.6. The number of hydrogen-bond donors (Lipinski definition) is 2. The Hall–Kier alpha value is -2.53. The third-order valence-electron chi connectivity index (χ3n) is 6.34. The number of anilines is 2. The first kappa shape index (κ1) is 28.5. The molecule has 4 aromatic rings. The number of benzene rings is 3. The fraction of sp³-hybridized carbons (Fsp3) is 0.269. The van der Waals surface area contributed by atoms with Crippen molar-refractivity contribution in [2.75, 3.05) is 31.5 Å². The van der Waals surface area contributed by atoms with Crippen LogP contribution in [0.1, 0.15) is 18.4 Å². The van der Waals surface area contributed by atoms with Crippen LogP contribution < -0.4 is 10.0 Å². The molecule has 1 aliphatic rings. The van der Waals surface area contributed by atoms with Gasteiger partial charge in [-0.25, -0.2) is 18.1 Å². The lowest BCUT2D eigenvalue weighted by Gasteiger charge is -2.15. The largest absolute Gasteiger partial charge is 0.323 e. The van der Waals surface area contributed by atoms with Crippen molar-refractivity contribution < 1.29 is 8.42 Å². The molecule has 0 spiro atoms. The SMILES string of the molecule is Cc1cc(-c2c(Cl)cccc2Cl)cc2nnc(Nc3ccc(S(=O)(=O)NCCN4CCCC4)cc3)nc12.Cl. The summed E-state index contributed by atoms with van der Waals surface area (Å²) in [5.74, 6) is 0.304. The number of nitrogens with one attached hydrogen (secondary N) is 2. The number of aryl methyl sites for hydroxylation is 1. The molecule has 0 bridgehead atoms. The Morgan fingerprint density at radius 2 is 1.66 bits per heavy atom. The van der Waals surface area contributed by atoms with E-state index < -0.39 is 10.0 Å². The van der Waals surface area contributed by atoms with E-state index in [-0.39, 0.29) is 17.3 Å². The first-order valence-electron chi connectivity index (χ1n) is 12.0. The van der Waals surface area contributed by atoms with E-state index in [9.17, 15) is 8.42 Å². The van der Waals surface area contributed by atoms with Crippen LogP contribution in [-0.2, 0) is 10.0 Å². The van der Waals surface area contributed by atoms with Crippen molar-refractivity contribution in [3.8, 4) is 11.1 Å². The quantitative estimate of drug-likeness (QED) is 0.264. The second kappa shape index (κ2) is 12.1. The topological polar surface area (TPSA) is 100 Å². The van der Waals surface area contributed by atoms with Gasteiger partial charge in [0.05, 0.1) is 10.4 Å². The molecule has 0 radical (unpaired) electrons. The van der Waals surface area contributed by atoms with Gasteiger partial charge in [0, 0.05) is 34.4 Å². The molecule has 2 N–H and O–H groups in total. The predicted octanol–water partition coefficient (Wildman–Crippen LogP) is 5.85. The fourth-order valence-corrected chi connectivity index (χ4v) is 6.09. The Balaban J connectivity index is 0.00000336. The van der Waals surface area contributed by atoms with Crippen LogP contribution in [0, 0.1) is 6.92 Å². The van der Waals surface area contributed by atoms with Gasteiger partial charge in [-0.2, -0.15) is 0 Å². The van der Waals surface area contributed by atoms with Gasteiger partial charge in [0.1, 0.15) is 5.52 Å². The molecule has 200 valence electrons. The number of hydrogen-bond acceptors (Lipinski definition) is 7. The summed E-state index contributed by atoms with van der Waals surface area (Å²) < 4.78 is 27.9. The van der Waals surface area contributed by atoms with E-state index >= 15 is 0 Å². The normalized spacial score (nSPS) is 14.0. The number of nitrogens with zero attached hydrogens (tertiary/aromatic N) is 4.